The van der Waals surface area contributed by atoms with Gasteiger partial charge in [0.15, 0.2) is 0 Å². The van der Waals surface area contributed by atoms with E-state index in [4.69, 9.17) is 0 Å². The summed E-state index contributed by atoms with van der Waals surface area (Å²) < 4.78 is 60.4. The molecule has 0 nitrogen and oxygen atoms in total. The molecular weight excluding hydrogens is 167 g/mol. The van der Waals surface area contributed by atoms with Gasteiger partial charge in [-0.25, -0.2) is 22.0 Å². The summed E-state index contributed by atoms with van der Waals surface area (Å²) in [5.74, 6) is -7.90. The molecule has 0 unspecified atom stereocenters. The highest BCUT2D eigenvalue weighted by atomic mass is 19.3. The normalized spacial score (nSPS) is 16.6. The van der Waals surface area contributed by atoms with Crippen molar-refractivity contribution in [1.82, 2.24) is 0 Å². The summed E-state index contributed by atoms with van der Waals surface area (Å²) in [6.07, 6.45) is -4.31. The van der Waals surface area contributed by atoms with E-state index < -0.39 is 24.4 Å². The fourth-order valence-electron chi connectivity index (χ4n) is 0.550. The molecule has 68 valence electrons. The molecule has 0 heterocycles. The summed E-state index contributed by atoms with van der Waals surface area (Å²) in [5.41, 5.74) is 0. The first kappa shape index (κ1) is 10.7. The van der Waals surface area contributed by atoms with Gasteiger partial charge in [-0.15, -0.1) is 0 Å². The molecule has 0 radical (unpaired) electrons. The Labute approximate surface area is 61.4 Å². The van der Waals surface area contributed by atoms with Crippen molar-refractivity contribution in [3.63, 3.8) is 0 Å². The van der Waals surface area contributed by atoms with Gasteiger partial charge in [0.25, 0.3) is 11.8 Å². The molecule has 0 spiro atoms. The molecule has 5 heteroatoms. The summed E-state index contributed by atoms with van der Waals surface area (Å²) in [7, 11) is 0. The monoisotopic (exact) mass is 176 g/mol. The van der Waals surface area contributed by atoms with E-state index >= 15 is 0 Å². The molecule has 0 aromatic carbocycles. The largest absolute Gasteiger partial charge is 0.284 e. The maximum Gasteiger partial charge on any atom is 0.284 e. The Kier molecular flexibility index (Phi) is 2.85. The van der Waals surface area contributed by atoms with E-state index in [0.29, 0.717) is 0 Å². The molecule has 0 rings (SSSR count). The third-order valence-electron chi connectivity index (χ3n) is 1.29. The van der Waals surface area contributed by atoms with Crippen molar-refractivity contribution in [2.75, 3.05) is 0 Å². The molecule has 11 heavy (non-hydrogen) atoms. The van der Waals surface area contributed by atoms with Gasteiger partial charge in [0.2, 0.25) is 6.17 Å². The summed E-state index contributed by atoms with van der Waals surface area (Å²) >= 11 is 0. The topological polar surface area (TPSA) is 0 Å². The van der Waals surface area contributed by atoms with E-state index in [1.807, 2.05) is 0 Å². The number of rotatable bonds is 3. The van der Waals surface area contributed by atoms with Gasteiger partial charge < -0.3 is 0 Å². The standard InChI is InChI=1S/C6H9F5/c1-3-6(10,11)4(7)5(2,8)9/h4H,3H2,1-2H3/t4-/m0/s1. The fourth-order valence-corrected chi connectivity index (χ4v) is 0.550. The van der Waals surface area contributed by atoms with E-state index in [-0.39, 0.29) is 6.92 Å². The van der Waals surface area contributed by atoms with Crippen molar-refractivity contribution in [3.05, 3.63) is 0 Å². The lowest BCUT2D eigenvalue weighted by Gasteiger charge is -2.23. The van der Waals surface area contributed by atoms with Gasteiger partial charge in [0.05, 0.1) is 0 Å². The number of halogens is 5. The third kappa shape index (κ3) is 2.63. The minimum Gasteiger partial charge on any atom is -0.234 e. The van der Waals surface area contributed by atoms with E-state index in [1.165, 1.54) is 0 Å². The molecular formula is C6H9F5. The highest BCUT2D eigenvalue weighted by Crippen LogP contribution is 2.35. The molecule has 1 atom stereocenters. The SMILES string of the molecule is CCC(F)(F)[C@@H](F)C(C)(F)F. The predicted molar refractivity (Wildman–Crippen MR) is 30.8 cm³/mol. The Morgan fingerprint density at radius 2 is 1.55 bits per heavy atom. The van der Waals surface area contributed by atoms with Gasteiger partial charge >= 0.3 is 0 Å². The van der Waals surface area contributed by atoms with Crippen molar-refractivity contribution >= 4 is 0 Å². The van der Waals surface area contributed by atoms with Crippen LogP contribution in [0, 0.1) is 0 Å². The van der Waals surface area contributed by atoms with Crippen molar-refractivity contribution in [3.8, 4) is 0 Å². The molecule has 0 amide bonds. The Bertz CT molecular complexity index is 125. The quantitative estimate of drug-likeness (QED) is 0.580. The molecule has 0 aromatic heterocycles. The van der Waals surface area contributed by atoms with Crippen LogP contribution in [0.15, 0.2) is 0 Å². The third-order valence-corrected chi connectivity index (χ3v) is 1.29. The van der Waals surface area contributed by atoms with Crippen molar-refractivity contribution in [2.45, 2.75) is 38.3 Å². The molecule has 0 saturated carbocycles. The van der Waals surface area contributed by atoms with Crippen molar-refractivity contribution < 1.29 is 22.0 Å². The van der Waals surface area contributed by atoms with Crippen LogP contribution in [-0.4, -0.2) is 18.0 Å². The Balaban J connectivity index is 4.35. The van der Waals surface area contributed by atoms with Crippen LogP contribution in [0.25, 0.3) is 0 Å². The molecule has 0 aliphatic heterocycles. The zero-order valence-electron chi connectivity index (χ0n) is 6.17. The molecule has 0 N–H and O–H groups in total. The van der Waals surface area contributed by atoms with E-state index in [9.17, 15) is 22.0 Å². The van der Waals surface area contributed by atoms with Gasteiger partial charge in [-0.2, -0.15) is 0 Å². The zero-order valence-corrected chi connectivity index (χ0v) is 6.17. The van der Waals surface area contributed by atoms with E-state index in [0.717, 1.165) is 6.92 Å². The van der Waals surface area contributed by atoms with Crippen molar-refractivity contribution in [2.24, 2.45) is 0 Å². The van der Waals surface area contributed by atoms with Gasteiger partial charge in [-0.3, -0.25) is 0 Å². The highest BCUT2D eigenvalue weighted by molar-refractivity contribution is 4.84. The predicted octanol–water partition coefficient (Wildman–Crippen LogP) is 3.03. The molecule has 0 fully saturated rings. The lowest BCUT2D eigenvalue weighted by molar-refractivity contribution is -0.173. The first-order chi connectivity index (χ1) is 4.72. The molecule has 0 saturated heterocycles. The van der Waals surface area contributed by atoms with Gasteiger partial charge in [-0.05, 0) is 0 Å². The lowest BCUT2D eigenvalue weighted by Crippen LogP contribution is -2.41. The molecule has 0 aromatic rings. The summed E-state index contributed by atoms with van der Waals surface area (Å²) in [6, 6.07) is 0. The number of hydrogen-bond acceptors (Lipinski definition) is 0. The second-order valence-corrected chi connectivity index (χ2v) is 2.43. The summed E-state index contributed by atoms with van der Waals surface area (Å²) in [5, 5.41) is 0. The van der Waals surface area contributed by atoms with Crippen LogP contribution in [0.5, 0.6) is 0 Å². The minimum atomic E-state index is -3.97. The van der Waals surface area contributed by atoms with Crippen LogP contribution in [0.2, 0.25) is 0 Å². The van der Waals surface area contributed by atoms with Crippen molar-refractivity contribution in [1.29, 1.82) is 0 Å². The maximum absolute atomic E-state index is 12.2. The second-order valence-electron chi connectivity index (χ2n) is 2.43. The molecule has 0 bridgehead atoms. The van der Waals surface area contributed by atoms with Crippen LogP contribution in [0.4, 0.5) is 22.0 Å². The molecule has 0 aliphatic carbocycles. The Morgan fingerprint density at radius 1 is 1.18 bits per heavy atom. The average molecular weight is 176 g/mol. The Morgan fingerprint density at radius 3 is 1.64 bits per heavy atom. The number of alkyl halides is 5. The van der Waals surface area contributed by atoms with Crippen LogP contribution in [-0.2, 0) is 0 Å². The zero-order chi connectivity index (χ0) is 9.28. The molecule has 0 aliphatic rings. The number of hydrogen-bond donors (Lipinski definition) is 0. The summed E-state index contributed by atoms with van der Waals surface area (Å²) in [4.78, 5) is 0. The highest BCUT2D eigenvalue weighted by Gasteiger charge is 2.51. The Hall–Kier alpha value is -0.350. The first-order valence-electron chi connectivity index (χ1n) is 3.11. The van der Waals surface area contributed by atoms with Gasteiger partial charge in [0, 0.05) is 13.3 Å². The van der Waals surface area contributed by atoms with E-state index in [2.05, 4.69) is 0 Å². The van der Waals surface area contributed by atoms with Gasteiger partial charge in [-0.1, -0.05) is 6.92 Å². The first-order valence-corrected chi connectivity index (χ1v) is 3.11. The van der Waals surface area contributed by atoms with Crippen LogP contribution in [0.1, 0.15) is 20.3 Å². The average Bonchev–Trinajstić information content (AvgIpc) is 1.84. The van der Waals surface area contributed by atoms with Gasteiger partial charge in [0.1, 0.15) is 0 Å². The fraction of sp³-hybridized carbons (Fsp3) is 1.00. The summed E-state index contributed by atoms with van der Waals surface area (Å²) in [6.45, 7) is 1.10. The van der Waals surface area contributed by atoms with E-state index in [1.54, 1.807) is 0 Å². The lowest BCUT2D eigenvalue weighted by atomic mass is 10.1. The smallest absolute Gasteiger partial charge is 0.234 e. The van der Waals surface area contributed by atoms with Crippen LogP contribution < -0.4 is 0 Å². The second kappa shape index (κ2) is 2.95. The minimum absolute atomic E-state index is 0.140. The van der Waals surface area contributed by atoms with Crippen LogP contribution in [0.3, 0.4) is 0 Å². The maximum atomic E-state index is 12.2. The van der Waals surface area contributed by atoms with Crippen LogP contribution >= 0.6 is 0 Å².